The highest BCUT2D eigenvalue weighted by molar-refractivity contribution is 7.92. The molecule has 1 N–H and O–H groups in total. The molecule has 2 amide bonds. The predicted octanol–water partition coefficient (Wildman–Crippen LogP) is 5.56. The van der Waals surface area contributed by atoms with Crippen molar-refractivity contribution in [3.8, 4) is 0 Å². The molecule has 0 radical (unpaired) electrons. The minimum atomic E-state index is -4.18. The summed E-state index contributed by atoms with van der Waals surface area (Å²) in [7, 11) is -4.18. The van der Waals surface area contributed by atoms with Gasteiger partial charge >= 0.3 is 0 Å². The number of rotatable bonds is 13. The van der Waals surface area contributed by atoms with Gasteiger partial charge in [-0.15, -0.1) is 0 Å². The molecule has 0 aliphatic rings. The maximum Gasteiger partial charge on any atom is 0.264 e. The van der Waals surface area contributed by atoms with E-state index in [1.54, 1.807) is 18.2 Å². The van der Waals surface area contributed by atoms with E-state index >= 15 is 0 Å². The van der Waals surface area contributed by atoms with E-state index in [1.165, 1.54) is 35.2 Å². The van der Waals surface area contributed by atoms with Crippen LogP contribution in [0.1, 0.15) is 32.3 Å². The Morgan fingerprint density at radius 2 is 1.49 bits per heavy atom. The van der Waals surface area contributed by atoms with E-state index < -0.39 is 28.5 Å². The van der Waals surface area contributed by atoms with Gasteiger partial charge in [0.05, 0.1) is 10.6 Å². The highest BCUT2D eigenvalue weighted by atomic mass is 35.5. The van der Waals surface area contributed by atoms with Crippen LogP contribution in [0.15, 0.2) is 83.8 Å². The number of carbonyl (C=O) groups excluding carboxylic acids is 2. The third-order valence-electron chi connectivity index (χ3n) is 6.16. The zero-order valence-corrected chi connectivity index (χ0v) is 24.3. The van der Waals surface area contributed by atoms with Crippen LogP contribution in [0.25, 0.3) is 0 Å². The lowest BCUT2D eigenvalue weighted by Gasteiger charge is -2.33. The lowest BCUT2D eigenvalue weighted by atomic mass is 10.1. The first-order valence-corrected chi connectivity index (χ1v) is 15.0. The molecule has 3 rings (SSSR count). The first-order valence-electron chi connectivity index (χ1n) is 12.8. The molecule has 0 unspecified atom stereocenters. The molecule has 0 saturated heterocycles. The Morgan fingerprint density at radius 3 is 2.05 bits per heavy atom. The van der Waals surface area contributed by atoms with Gasteiger partial charge in [0.25, 0.3) is 10.0 Å². The van der Waals surface area contributed by atoms with Crippen LogP contribution in [-0.2, 0) is 26.0 Å². The van der Waals surface area contributed by atoms with Gasteiger partial charge < -0.3 is 10.2 Å². The lowest BCUT2D eigenvalue weighted by molar-refractivity contribution is -0.139. The molecular weight excluding hydrogens is 557 g/mol. The van der Waals surface area contributed by atoms with Crippen molar-refractivity contribution < 1.29 is 18.0 Å². The monoisotopic (exact) mass is 589 g/mol. The molecule has 0 bridgehead atoms. The molecular formula is C29H33Cl2N3O4S. The van der Waals surface area contributed by atoms with Crippen LogP contribution < -0.4 is 9.62 Å². The van der Waals surface area contributed by atoms with Crippen LogP contribution >= 0.6 is 23.2 Å². The average molecular weight is 591 g/mol. The lowest BCUT2D eigenvalue weighted by Crippen LogP contribution is -2.53. The van der Waals surface area contributed by atoms with Crippen LogP contribution in [0.4, 0.5) is 5.69 Å². The molecule has 0 fully saturated rings. The van der Waals surface area contributed by atoms with Gasteiger partial charge in [-0.1, -0.05) is 85.6 Å². The molecule has 1 atom stereocenters. The number of nitrogens with one attached hydrogen (secondary N) is 1. The largest absolute Gasteiger partial charge is 0.354 e. The van der Waals surface area contributed by atoms with E-state index in [2.05, 4.69) is 5.32 Å². The fraction of sp³-hybridized carbons (Fsp3) is 0.310. The van der Waals surface area contributed by atoms with Gasteiger partial charge in [0.2, 0.25) is 11.8 Å². The molecule has 0 spiro atoms. The Kier molecular flexibility index (Phi) is 11.2. The Balaban J connectivity index is 2.02. The summed E-state index contributed by atoms with van der Waals surface area (Å²) in [5, 5.41) is 3.33. The first kappa shape index (κ1) is 30.5. The number of sulfonamides is 1. The minimum absolute atomic E-state index is 0.0115. The number of halogens is 2. The number of amides is 2. The standard InChI is InChI=1S/C29H33Cl2N3O4S/c1-3-16-32-29(36)27(4-2)33(17-15-22-11-7-5-8-12-22)28(35)21-34(25-19-23(30)18-24(31)20-25)39(37,38)26-13-9-6-10-14-26/h5-14,18-20,27H,3-4,15-17,21H2,1-2H3,(H,32,36)/t27-/m1/s1. The quantitative estimate of drug-likeness (QED) is 0.282. The highest BCUT2D eigenvalue weighted by Gasteiger charge is 2.33. The number of carbonyl (C=O) groups is 2. The molecule has 0 heterocycles. The minimum Gasteiger partial charge on any atom is -0.354 e. The third-order valence-corrected chi connectivity index (χ3v) is 8.39. The summed E-state index contributed by atoms with van der Waals surface area (Å²) >= 11 is 12.4. The molecule has 208 valence electrons. The third kappa shape index (κ3) is 8.21. The van der Waals surface area contributed by atoms with E-state index in [4.69, 9.17) is 23.2 Å². The van der Waals surface area contributed by atoms with Crippen LogP contribution in [0.2, 0.25) is 10.0 Å². The summed E-state index contributed by atoms with van der Waals surface area (Å²) in [6.45, 7) is 3.94. The Hall–Kier alpha value is -3.07. The van der Waals surface area contributed by atoms with Gasteiger partial charge in [-0.25, -0.2) is 8.42 Å². The second kappa shape index (κ2) is 14.4. The van der Waals surface area contributed by atoms with Crippen molar-refractivity contribution in [1.82, 2.24) is 10.2 Å². The predicted molar refractivity (Wildman–Crippen MR) is 157 cm³/mol. The van der Waals surface area contributed by atoms with E-state index in [9.17, 15) is 18.0 Å². The smallest absolute Gasteiger partial charge is 0.264 e. The van der Waals surface area contributed by atoms with Crippen molar-refractivity contribution in [2.45, 2.75) is 44.0 Å². The van der Waals surface area contributed by atoms with Gasteiger partial charge in [-0.2, -0.15) is 0 Å². The molecule has 3 aromatic carbocycles. The van der Waals surface area contributed by atoms with E-state index in [-0.39, 0.29) is 33.1 Å². The van der Waals surface area contributed by atoms with Gasteiger partial charge in [-0.05, 0) is 55.2 Å². The molecule has 0 aromatic heterocycles. The Labute approximate surface area is 240 Å². The summed E-state index contributed by atoms with van der Waals surface area (Å²) in [4.78, 5) is 28.5. The molecule has 39 heavy (non-hydrogen) atoms. The SMILES string of the molecule is CCCNC(=O)[C@@H](CC)N(CCc1ccccc1)C(=O)CN(c1cc(Cl)cc(Cl)c1)S(=O)(=O)c1ccccc1. The van der Waals surface area contributed by atoms with E-state index in [0.29, 0.717) is 19.4 Å². The summed E-state index contributed by atoms with van der Waals surface area (Å²) in [5.74, 6) is -0.788. The highest BCUT2D eigenvalue weighted by Crippen LogP contribution is 2.30. The maximum absolute atomic E-state index is 13.9. The van der Waals surface area contributed by atoms with Crippen molar-refractivity contribution in [2.75, 3.05) is 23.9 Å². The summed E-state index contributed by atoms with van der Waals surface area (Å²) in [6, 6.07) is 21.1. The number of anilines is 1. The molecule has 0 aliphatic heterocycles. The second-order valence-electron chi connectivity index (χ2n) is 8.99. The molecule has 7 nitrogen and oxygen atoms in total. The Morgan fingerprint density at radius 1 is 0.897 bits per heavy atom. The summed E-state index contributed by atoms with van der Waals surface area (Å²) in [6.07, 6.45) is 1.61. The topological polar surface area (TPSA) is 86.8 Å². The molecule has 10 heteroatoms. The van der Waals surface area contributed by atoms with Gasteiger partial charge in [0.15, 0.2) is 0 Å². The number of nitrogens with zero attached hydrogens (tertiary/aromatic N) is 2. The van der Waals surface area contributed by atoms with Gasteiger partial charge in [0, 0.05) is 23.1 Å². The molecule has 0 saturated carbocycles. The van der Waals surface area contributed by atoms with Crippen molar-refractivity contribution in [1.29, 1.82) is 0 Å². The van der Waals surface area contributed by atoms with Gasteiger partial charge in [-0.3, -0.25) is 13.9 Å². The van der Waals surface area contributed by atoms with Crippen molar-refractivity contribution in [3.63, 3.8) is 0 Å². The second-order valence-corrected chi connectivity index (χ2v) is 11.7. The van der Waals surface area contributed by atoms with Gasteiger partial charge in [0.1, 0.15) is 12.6 Å². The summed E-state index contributed by atoms with van der Waals surface area (Å²) in [5.41, 5.74) is 1.14. The van der Waals surface area contributed by atoms with Crippen LogP contribution in [0.5, 0.6) is 0 Å². The van der Waals surface area contributed by atoms with E-state index in [1.807, 2.05) is 44.2 Å². The Bertz CT molecular complexity index is 1340. The van der Waals surface area contributed by atoms with Crippen molar-refractivity contribution >= 4 is 50.7 Å². The van der Waals surface area contributed by atoms with Crippen LogP contribution in [0, 0.1) is 0 Å². The first-order chi connectivity index (χ1) is 18.7. The normalized spacial score (nSPS) is 12.0. The van der Waals surface area contributed by atoms with Crippen molar-refractivity contribution in [3.05, 3.63) is 94.5 Å². The average Bonchev–Trinajstić information content (AvgIpc) is 2.92. The fourth-order valence-corrected chi connectivity index (χ4v) is 6.13. The molecule has 3 aromatic rings. The zero-order chi connectivity index (χ0) is 28.4. The number of hydrogen-bond acceptors (Lipinski definition) is 4. The molecule has 0 aliphatic carbocycles. The maximum atomic E-state index is 13.9. The summed E-state index contributed by atoms with van der Waals surface area (Å²) < 4.78 is 28.6. The zero-order valence-electron chi connectivity index (χ0n) is 22.0. The van der Waals surface area contributed by atoms with Crippen LogP contribution in [-0.4, -0.2) is 50.8 Å². The van der Waals surface area contributed by atoms with Crippen molar-refractivity contribution in [2.24, 2.45) is 0 Å². The number of hydrogen-bond donors (Lipinski definition) is 1. The number of benzene rings is 3. The van der Waals surface area contributed by atoms with E-state index in [0.717, 1.165) is 16.3 Å². The fourth-order valence-electron chi connectivity index (χ4n) is 4.19. The van der Waals surface area contributed by atoms with Crippen LogP contribution in [0.3, 0.4) is 0 Å².